The van der Waals surface area contributed by atoms with Gasteiger partial charge < -0.3 is 20.7 Å². The standard InChI is InChI=1S/C14H22N4O3/c1-17(2)10-12-5-3-6-13(9-12)21-8-4-7-16-14(15)11-18(19)20/h3,5-6,9,11,16H,4,7-8,10,15H2,1-2H3/b14-11+. The largest absolute Gasteiger partial charge is 0.494 e. The molecule has 0 aliphatic rings. The van der Waals surface area contributed by atoms with Crippen LogP contribution in [0.3, 0.4) is 0 Å². The molecule has 0 aromatic heterocycles. The number of nitrogens with one attached hydrogen (secondary N) is 1. The van der Waals surface area contributed by atoms with Gasteiger partial charge in [-0.3, -0.25) is 10.1 Å². The van der Waals surface area contributed by atoms with Crippen LogP contribution in [0.5, 0.6) is 5.75 Å². The molecule has 0 bridgehead atoms. The van der Waals surface area contributed by atoms with E-state index in [0.29, 0.717) is 19.6 Å². The van der Waals surface area contributed by atoms with Crippen LogP contribution in [0.25, 0.3) is 0 Å². The lowest BCUT2D eigenvalue weighted by molar-refractivity contribution is -0.403. The zero-order valence-corrected chi connectivity index (χ0v) is 12.4. The van der Waals surface area contributed by atoms with Gasteiger partial charge >= 0.3 is 0 Å². The van der Waals surface area contributed by atoms with Crippen molar-refractivity contribution in [2.24, 2.45) is 5.73 Å². The Morgan fingerprint density at radius 2 is 2.29 bits per heavy atom. The molecule has 0 aliphatic carbocycles. The quantitative estimate of drug-likeness (QED) is 0.403. The highest BCUT2D eigenvalue weighted by atomic mass is 16.6. The summed E-state index contributed by atoms with van der Waals surface area (Å²) >= 11 is 0. The van der Waals surface area contributed by atoms with Crippen LogP contribution in [0.2, 0.25) is 0 Å². The minimum absolute atomic E-state index is 0.0491. The Morgan fingerprint density at radius 3 is 2.95 bits per heavy atom. The fourth-order valence-corrected chi connectivity index (χ4v) is 1.75. The molecular weight excluding hydrogens is 272 g/mol. The van der Waals surface area contributed by atoms with Gasteiger partial charge in [-0.15, -0.1) is 0 Å². The van der Waals surface area contributed by atoms with E-state index in [-0.39, 0.29) is 5.82 Å². The number of nitrogens with two attached hydrogens (primary N) is 1. The minimum atomic E-state index is -0.588. The van der Waals surface area contributed by atoms with Crippen molar-refractivity contribution >= 4 is 0 Å². The molecule has 1 aromatic carbocycles. The molecule has 0 fully saturated rings. The molecular formula is C14H22N4O3. The van der Waals surface area contributed by atoms with Gasteiger partial charge in [-0.05, 0) is 38.2 Å². The van der Waals surface area contributed by atoms with E-state index in [9.17, 15) is 10.1 Å². The van der Waals surface area contributed by atoms with Crippen molar-refractivity contribution in [2.75, 3.05) is 27.2 Å². The molecule has 0 aliphatic heterocycles. The van der Waals surface area contributed by atoms with E-state index in [1.54, 1.807) is 0 Å². The highest BCUT2D eigenvalue weighted by molar-refractivity contribution is 5.28. The number of hydrogen-bond acceptors (Lipinski definition) is 6. The van der Waals surface area contributed by atoms with E-state index in [4.69, 9.17) is 10.5 Å². The Bertz CT molecular complexity index is 489. The van der Waals surface area contributed by atoms with Gasteiger partial charge in [0.05, 0.1) is 11.5 Å². The summed E-state index contributed by atoms with van der Waals surface area (Å²) in [7, 11) is 4.03. The van der Waals surface area contributed by atoms with Gasteiger partial charge in [0.1, 0.15) is 5.75 Å². The Balaban J connectivity index is 2.28. The van der Waals surface area contributed by atoms with Crippen LogP contribution in [-0.4, -0.2) is 37.1 Å². The van der Waals surface area contributed by atoms with Gasteiger partial charge in [0.15, 0.2) is 5.82 Å². The van der Waals surface area contributed by atoms with Gasteiger partial charge in [0.25, 0.3) is 6.20 Å². The first-order valence-corrected chi connectivity index (χ1v) is 6.68. The van der Waals surface area contributed by atoms with Crippen LogP contribution in [0.15, 0.2) is 36.3 Å². The van der Waals surface area contributed by atoms with Gasteiger partial charge in [-0.1, -0.05) is 12.1 Å². The highest BCUT2D eigenvalue weighted by Crippen LogP contribution is 2.14. The molecule has 0 amide bonds. The summed E-state index contributed by atoms with van der Waals surface area (Å²) in [6.45, 7) is 1.90. The monoisotopic (exact) mass is 294 g/mol. The van der Waals surface area contributed by atoms with Crippen LogP contribution < -0.4 is 15.8 Å². The molecule has 0 saturated heterocycles. The second-order valence-electron chi connectivity index (χ2n) is 4.88. The maximum Gasteiger partial charge on any atom is 0.273 e. The third-order valence-electron chi connectivity index (χ3n) is 2.56. The maximum atomic E-state index is 10.2. The van der Waals surface area contributed by atoms with Gasteiger partial charge in [-0.25, -0.2) is 0 Å². The number of nitrogens with zero attached hydrogens (tertiary/aromatic N) is 2. The summed E-state index contributed by atoms with van der Waals surface area (Å²) in [6, 6.07) is 7.93. The zero-order chi connectivity index (χ0) is 15.7. The first-order chi connectivity index (χ1) is 9.97. The molecule has 116 valence electrons. The third-order valence-corrected chi connectivity index (χ3v) is 2.56. The van der Waals surface area contributed by atoms with Crippen molar-refractivity contribution in [1.29, 1.82) is 0 Å². The van der Waals surface area contributed by atoms with E-state index in [0.717, 1.165) is 18.5 Å². The minimum Gasteiger partial charge on any atom is -0.494 e. The molecule has 0 heterocycles. The maximum absolute atomic E-state index is 10.2. The molecule has 7 nitrogen and oxygen atoms in total. The first kappa shape index (κ1) is 16.8. The van der Waals surface area contributed by atoms with E-state index in [1.807, 2.05) is 32.3 Å². The SMILES string of the molecule is CN(C)Cc1cccc(OCCCN/C(N)=C/[N+](=O)[O-])c1. The van der Waals surface area contributed by atoms with Crippen molar-refractivity contribution in [3.63, 3.8) is 0 Å². The van der Waals surface area contributed by atoms with Crippen molar-refractivity contribution in [2.45, 2.75) is 13.0 Å². The van der Waals surface area contributed by atoms with Gasteiger partial charge in [0, 0.05) is 13.1 Å². The molecule has 7 heteroatoms. The Morgan fingerprint density at radius 1 is 1.52 bits per heavy atom. The molecule has 0 saturated carbocycles. The molecule has 0 spiro atoms. The second-order valence-corrected chi connectivity index (χ2v) is 4.88. The number of benzene rings is 1. The number of nitro groups is 1. The van der Waals surface area contributed by atoms with Crippen LogP contribution >= 0.6 is 0 Å². The molecule has 1 aromatic rings. The molecule has 0 atom stereocenters. The number of ether oxygens (including phenoxy) is 1. The van der Waals surface area contributed by atoms with Gasteiger partial charge in [0.2, 0.25) is 0 Å². The van der Waals surface area contributed by atoms with E-state index in [2.05, 4.69) is 16.3 Å². The number of hydrogen-bond donors (Lipinski definition) is 2. The molecule has 1 rings (SSSR count). The average Bonchev–Trinajstić information content (AvgIpc) is 2.37. The Hall–Kier alpha value is -2.28. The van der Waals surface area contributed by atoms with E-state index >= 15 is 0 Å². The fraction of sp³-hybridized carbons (Fsp3) is 0.429. The van der Waals surface area contributed by atoms with Crippen molar-refractivity contribution in [3.8, 4) is 5.75 Å². The summed E-state index contributed by atoms with van der Waals surface area (Å²) in [4.78, 5) is 11.7. The predicted molar refractivity (Wildman–Crippen MR) is 81.2 cm³/mol. The lowest BCUT2D eigenvalue weighted by Crippen LogP contribution is -2.23. The molecule has 0 unspecified atom stereocenters. The van der Waals surface area contributed by atoms with Crippen LogP contribution in [0.1, 0.15) is 12.0 Å². The molecule has 3 N–H and O–H groups in total. The smallest absolute Gasteiger partial charge is 0.273 e. The first-order valence-electron chi connectivity index (χ1n) is 6.68. The second kappa shape index (κ2) is 8.80. The highest BCUT2D eigenvalue weighted by Gasteiger charge is 1.99. The summed E-state index contributed by atoms with van der Waals surface area (Å²) < 4.78 is 5.64. The summed E-state index contributed by atoms with van der Waals surface area (Å²) in [6.07, 6.45) is 1.44. The number of rotatable bonds is 9. The third kappa shape index (κ3) is 7.78. The normalized spacial score (nSPS) is 11.5. The molecule has 0 radical (unpaired) electrons. The molecule has 21 heavy (non-hydrogen) atoms. The average molecular weight is 294 g/mol. The predicted octanol–water partition coefficient (Wildman–Crippen LogP) is 1.14. The van der Waals surface area contributed by atoms with Crippen molar-refractivity contribution < 1.29 is 9.66 Å². The van der Waals surface area contributed by atoms with Crippen LogP contribution in [0.4, 0.5) is 0 Å². The van der Waals surface area contributed by atoms with Crippen LogP contribution in [-0.2, 0) is 6.54 Å². The lowest BCUT2D eigenvalue weighted by atomic mass is 10.2. The van der Waals surface area contributed by atoms with Gasteiger partial charge in [-0.2, -0.15) is 0 Å². The summed E-state index contributed by atoms with van der Waals surface area (Å²) in [5.41, 5.74) is 6.59. The fourth-order valence-electron chi connectivity index (χ4n) is 1.75. The van der Waals surface area contributed by atoms with Crippen molar-refractivity contribution in [1.82, 2.24) is 10.2 Å². The lowest BCUT2D eigenvalue weighted by Gasteiger charge is -2.12. The zero-order valence-electron chi connectivity index (χ0n) is 12.4. The van der Waals surface area contributed by atoms with Crippen LogP contribution in [0, 0.1) is 10.1 Å². The summed E-state index contributed by atoms with van der Waals surface area (Å²) in [5.74, 6) is 0.871. The van der Waals surface area contributed by atoms with E-state index < -0.39 is 4.92 Å². The summed E-state index contributed by atoms with van der Waals surface area (Å²) in [5, 5.41) is 12.9. The van der Waals surface area contributed by atoms with Crippen molar-refractivity contribution in [3.05, 3.63) is 52.0 Å². The topological polar surface area (TPSA) is 93.7 Å². The Kier molecular flexibility index (Phi) is 7.03. The van der Waals surface area contributed by atoms with E-state index in [1.165, 1.54) is 5.56 Å². The Labute approximate surface area is 124 Å².